The van der Waals surface area contributed by atoms with E-state index in [2.05, 4.69) is 20.6 Å². The zero-order chi connectivity index (χ0) is 18.3. The average molecular weight is 372 g/mol. The first-order valence-corrected chi connectivity index (χ1v) is 9.61. The third-order valence-electron chi connectivity index (χ3n) is 5.17. The summed E-state index contributed by atoms with van der Waals surface area (Å²) in [5, 5.41) is 6.72. The normalized spacial score (nSPS) is 23.6. The van der Waals surface area contributed by atoms with Gasteiger partial charge in [0.05, 0.1) is 11.9 Å². The van der Waals surface area contributed by atoms with Crippen LogP contribution in [0, 0.1) is 24.6 Å². The Kier molecular flexibility index (Phi) is 4.58. The molecule has 1 fully saturated rings. The number of amides is 1. The van der Waals surface area contributed by atoms with Crippen LogP contribution in [0.5, 0.6) is 0 Å². The van der Waals surface area contributed by atoms with E-state index in [-0.39, 0.29) is 23.6 Å². The third-order valence-corrected chi connectivity index (χ3v) is 6.18. The predicted molar refractivity (Wildman–Crippen MR) is 101 cm³/mol. The van der Waals surface area contributed by atoms with Gasteiger partial charge in [0.15, 0.2) is 5.13 Å². The number of pyridine rings is 1. The molecule has 2 aromatic heterocycles. The van der Waals surface area contributed by atoms with Gasteiger partial charge in [0.2, 0.25) is 5.91 Å². The number of hydrogen-bond donors (Lipinski definition) is 2. The van der Waals surface area contributed by atoms with E-state index in [1.54, 1.807) is 13.1 Å². The summed E-state index contributed by atoms with van der Waals surface area (Å²) in [6.45, 7) is 2.66. The maximum absolute atomic E-state index is 13.8. The molecular formula is C19H21FN4OS. The van der Waals surface area contributed by atoms with Crippen molar-refractivity contribution in [2.75, 3.05) is 18.9 Å². The minimum atomic E-state index is -0.278. The number of carbonyl (C=O) groups is 1. The van der Waals surface area contributed by atoms with Crippen molar-refractivity contribution >= 4 is 28.5 Å². The summed E-state index contributed by atoms with van der Waals surface area (Å²) < 4.78 is 13.8. The number of thiazole rings is 1. The van der Waals surface area contributed by atoms with Gasteiger partial charge in [-0.05, 0) is 56.5 Å². The first-order chi connectivity index (χ1) is 12.6. The highest BCUT2D eigenvalue weighted by atomic mass is 32.1. The van der Waals surface area contributed by atoms with E-state index in [1.807, 2.05) is 19.2 Å². The Labute approximate surface area is 155 Å². The van der Waals surface area contributed by atoms with Crippen molar-refractivity contribution < 1.29 is 9.18 Å². The number of nitrogens with one attached hydrogen (secondary N) is 2. The van der Waals surface area contributed by atoms with Gasteiger partial charge >= 0.3 is 0 Å². The standard InChI is InChI=1S/C19H21FN4OS/c1-10-14(8-22-9-15(10)20)11-3-4-16-17(6-11)26-19(23-16)24-18(25)13-5-12(13)7-21-2/h3-4,8-9,11-13,21H,5-7H2,1-2H3,(H,23,24,25)/t11?,12-,13-/m0/s1. The molecule has 5 nitrogen and oxygen atoms in total. The molecule has 2 heterocycles. The molecule has 2 aliphatic carbocycles. The Morgan fingerprint density at radius 2 is 2.27 bits per heavy atom. The summed E-state index contributed by atoms with van der Waals surface area (Å²) in [5.41, 5.74) is 2.44. The molecule has 26 heavy (non-hydrogen) atoms. The summed E-state index contributed by atoms with van der Waals surface area (Å²) in [6, 6.07) is 0. The Morgan fingerprint density at radius 3 is 3.08 bits per heavy atom. The van der Waals surface area contributed by atoms with Crippen molar-refractivity contribution in [3.8, 4) is 0 Å². The average Bonchev–Trinajstić information content (AvgIpc) is 3.28. The summed E-state index contributed by atoms with van der Waals surface area (Å²) in [4.78, 5) is 21.9. The van der Waals surface area contributed by atoms with Crippen LogP contribution in [0.4, 0.5) is 9.52 Å². The molecule has 0 aliphatic heterocycles. The zero-order valence-electron chi connectivity index (χ0n) is 14.8. The quantitative estimate of drug-likeness (QED) is 0.846. The molecule has 3 atom stereocenters. The highest BCUT2D eigenvalue weighted by Gasteiger charge is 2.42. The van der Waals surface area contributed by atoms with Gasteiger partial charge in [-0.25, -0.2) is 9.37 Å². The Hall–Kier alpha value is -2.12. The van der Waals surface area contributed by atoms with E-state index >= 15 is 0 Å². The molecule has 2 aromatic rings. The molecule has 0 aromatic carbocycles. The van der Waals surface area contributed by atoms with Gasteiger partial charge in [-0.15, -0.1) is 11.3 Å². The highest BCUT2D eigenvalue weighted by molar-refractivity contribution is 7.16. The molecule has 2 N–H and O–H groups in total. The highest BCUT2D eigenvalue weighted by Crippen LogP contribution is 2.40. The summed E-state index contributed by atoms with van der Waals surface area (Å²) >= 11 is 1.51. The summed E-state index contributed by atoms with van der Waals surface area (Å²) in [5.74, 6) is 0.384. The summed E-state index contributed by atoms with van der Waals surface area (Å²) in [7, 11) is 1.90. The number of aromatic nitrogens is 2. The number of fused-ring (bicyclic) bond motifs is 1. The SMILES string of the molecule is CNC[C@@H]1C[C@@H]1C(=O)Nc1nc2c(s1)CC(c1cncc(F)c1C)C=C2. The van der Waals surface area contributed by atoms with Gasteiger partial charge in [-0.3, -0.25) is 9.78 Å². The lowest BCUT2D eigenvalue weighted by atomic mass is 9.89. The molecular weight excluding hydrogens is 351 g/mol. The molecule has 7 heteroatoms. The Balaban J connectivity index is 1.46. The molecule has 136 valence electrons. The van der Waals surface area contributed by atoms with Crippen LogP contribution >= 0.6 is 11.3 Å². The van der Waals surface area contributed by atoms with Crippen LogP contribution in [0.25, 0.3) is 6.08 Å². The molecule has 0 bridgehead atoms. The third kappa shape index (κ3) is 3.29. The molecule has 0 radical (unpaired) electrons. The van der Waals surface area contributed by atoms with Crippen LogP contribution in [0.2, 0.25) is 0 Å². The van der Waals surface area contributed by atoms with Gasteiger partial charge < -0.3 is 10.6 Å². The van der Waals surface area contributed by atoms with E-state index in [9.17, 15) is 9.18 Å². The Morgan fingerprint density at radius 1 is 1.42 bits per heavy atom. The van der Waals surface area contributed by atoms with Gasteiger partial charge in [-0.1, -0.05) is 6.08 Å². The van der Waals surface area contributed by atoms with Gasteiger partial charge in [-0.2, -0.15) is 0 Å². The van der Waals surface area contributed by atoms with E-state index in [0.29, 0.717) is 16.6 Å². The Bertz CT molecular complexity index is 878. The largest absolute Gasteiger partial charge is 0.319 e. The molecule has 1 saturated carbocycles. The number of rotatable bonds is 5. The van der Waals surface area contributed by atoms with Crippen LogP contribution in [0.1, 0.15) is 34.0 Å². The van der Waals surface area contributed by atoms with Crippen molar-refractivity contribution in [2.24, 2.45) is 11.8 Å². The maximum atomic E-state index is 13.8. The van der Waals surface area contributed by atoms with Crippen LogP contribution in [0.3, 0.4) is 0 Å². The molecule has 2 aliphatic rings. The van der Waals surface area contributed by atoms with Gasteiger partial charge in [0.25, 0.3) is 0 Å². The predicted octanol–water partition coefficient (Wildman–Crippen LogP) is 3.13. The minimum Gasteiger partial charge on any atom is -0.319 e. The second-order valence-corrected chi connectivity index (χ2v) is 8.07. The first-order valence-electron chi connectivity index (χ1n) is 8.80. The topological polar surface area (TPSA) is 66.9 Å². The first kappa shape index (κ1) is 17.3. The van der Waals surface area contributed by atoms with E-state index in [1.165, 1.54) is 17.5 Å². The van der Waals surface area contributed by atoms with E-state index in [4.69, 9.17) is 0 Å². The van der Waals surface area contributed by atoms with Crippen LogP contribution in [-0.4, -0.2) is 29.5 Å². The fourth-order valence-corrected chi connectivity index (χ4v) is 4.54. The van der Waals surface area contributed by atoms with Crippen molar-refractivity contribution in [1.82, 2.24) is 15.3 Å². The number of nitrogens with zero attached hydrogens (tertiary/aromatic N) is 2. The second kappa shape index (κ2) is 6.89. The molecule has 4 rings (SSSR count). The number of anilines is 1. The summed E-state index contributed by atoms with van der Waals surface area (Å²) in [6.07, 6.45) is 8.66. The minimum absolute atomic E-state index is 0.0575. The number of allylic oxidation sites excluding steroid dienone is 1. The monoisotopic (exact) mass is 372 g/mol. The number of hydrogen-bond acceptors (Lipinski definition) is 5. The van der Waals surface area contributed by atoms with Crippen molar-refractivity contribution in [2.45, 2.75) is 25.7 Å². The van der Waals surface area contributed by atoms with Crippen molar-refractivity contribution in [3.63, 3.8) is 0 Å². The zero-order valence-corrected chi connectivity index (χ0v) is 15.6. The fraction of sp³-hybridized carbons (Fsp3) is 0.421. The van der Waals surface area contributed by atoms with Crippen LogP contribution in [-0.2, 0) is 11.2 Å². The lowest BCUT2D eigenvalue weighted by Gasteiger charge is -2.18. The van der Waals surface area contributed by atoms with Gasteiger partial charge in [0, 0.05) is 22.9 Å². The van der Waals surface area contributed by atoms with Gasteiger partial charge in [0.1, 0.15) is 5.82 Å². The van der Waals surface area contributed by atoms with Crippen molar-refractivity contribution in [3.05, 3.63) is 46.0 Å². The smallest absolute Gasteiger partial charge is 0.229 e. The lowest BCUT2D eigenvalue weighted by molar-refractivity contribution is -0.117. The van der Waals surface area contributed by atoms with E-state index in [0.717, 1.165) is 35.5 Å². The fourth-order valence-electron chi connectivity index (χ4n) is 3.53. The lowest BCUT2D eigenvalue weighted by Crippen LogP contribution is -2.18. The van der Waals surface area contributed by atoms with E-state index < -0.39 is 0 Å². The number of carbonyl (C=O) groups excluding carboxylic acids is 1. The maximum Gasteiger partial charge on any atom is 0.229 e. The molecule has 1 amide bonds. The number of halogens is 1. The molecule has 0 saturated heterocycles. The van der Waals surface area contributed by atoms with Crippen LogP contribution in [0.15, 0.2) is 18.5 Å². The molecule has 0 spiro atoms. The van der Waals surface area contributed by atoms with Crippen molar-refractivity contribution in [1.29, 1.82) is 0 Å². The second-order valence-electron chi connectivity index (χ2n) is 6.98. The van der Waals surface area contributed by atoms with Crippen LogP contribution < -0.4 is 10.6 Å². The molecule has 1 unspecified atom stereocenters.